The first-order chi connectivity index (χ1) is 10.2. The zero-order valence-electron chi connectivity index (χ0n) is 11.5. The predicted molar refractivity (Wildman–Crippen MR) is 71.7 cm³/mol. The molecular weight excluding hydrogens is 298 g/mol. The summed E-state index contributed by atoms with van der Waals surface area (Å²) < 4.78 is 4.85. The number of nitrogens with zero attached hydrogens (tertiary/aromatic N) is 1. The molecule has 0 heterocycles. The van der Waals surface area contributed by atoms with Crippen molar-refractivity contribution in [1.82, 2.24) is 0 Å². The number of hydrogen-bond donors (Lipinski definition) is 2. The van der Waals surface area contributed by atoms with Crippen molar-refractivity contribution >= 4 is 23.6 Å². The summed E-state index contributed by atoms with van der Waals surface area (Å²) in [5.41, 5.74) is -0.241. The molecule has 0 aliphatic heterocycles. The summed E-state index contributed by atoms with van der Waals surface area (Å²) in [6, 6.07) is 3.26. The summed E-state index contributed by atoms with van der Waals surface area (Å²) in [7, 11) is 0. The van der Waals surface area contributed by atoms with Crippen LogP contribution in [0.2, 0.25) is 0 Å². The zero-order valence-corrected chi connectivity index (χ0v) is 11.5. The molecule has 0 bridgehead atoms. The Morgan fingerprint density at radius 2 is 1.77 bits per heavy atom. The Kier molecular flexibility index (Phi) is 5.56. The van der Waals surface area contributed by atoms with Crippen LogP contribution in [0.3, 0.4) is 0 Å². The van der Waals surface area contributed by atoms with Crippen LogP contribution in [0.4, 0.5) is 5.69 Å². The van der Waals surface area contributed by atoms with Crippen molar-refractivity contribution in [1.29, 1.82) is 0 Å². The number of carbonyl (C=O) groups excluding carboxylic acids is 1. The Morgan fingerprint density at radius 3 is 2.18 bits per heavy atom. The second kappa shape index (κ2) is 7.16. The number of aliphatic carboxylic acids is 2. The topological polar surface area (TPSA) is 144 Å². The molecule has 1 aromatic rings. The summed E-state index contributed by atoms with van der Waals surface area (Å²) >= 11 is 0. The monoisotopic (exact) mass is 311 g/mol. The number of non-ortho nitro benzene ring substituents is 1. The van der Waals surface area contributed by atoms with Crippen LogP contribution in [-0.2, 0) is 14.4 Å². The minimum atomic E-state index is -1.24. The minimum Gasteiger partial charge on any atom is -0.481 e. The van der Waals surface area contributed by atoms with E-state index in [0.29, 0.717) is 0 Å². The number of benzene rings is 1. The Balaban J connectivity index is 3.32. The van der Waals surface area contributed by atoms with Crippen LogP contribution in [0, 0.1) is 10.1 Å². The largest absolute Gasteiger partial charge is 0.481 e. The maximum Gasteiger partial charge on any atom is 0.308 e. The standard InChI is InChI=1S/C13H13NO8/c1-7(15)22-11-6-9(14(20)21)2-3-10(11)8(4-12(16)17)5-13(18)19/h2-3,6,8H,4-5H2,1H3,(H,16,17)(H,18,19). The first-order valence-corrected chi connectivity index (χ1v) is 6.11. The number of ether oxygens (including phenoxy) is 1. The first kappa shape index (κ1) is 17.1. The van der Waals surface area contributed by atoms with Gasteiger partial charge >= 0.3 is 17.9 Å². The van der Waals surface area contributed by atoms with E-state index in [1.807, 2.05) is 0 Å². The molecule has 0 saturated carbocycles. The molecule has 1 rings (SSSR count). The highest BCUT2D eigenvalue weighted by Crippen LogP contribution is 2.34. The average molecular weight is 311 g/mol. The minimum absolute atomic E-state index is 0.116. The van der Waals surface area contributed by atoms with Gasteiger partial charge in [-0.25, -0.2) is 0 Å². The van der Waals surface area contributed by atoms with E-state index in [-0.39, 0.29) is 17.0 Å². The zero-order chi connectivity index (χ0) is 16.9. The lowest BCUT2D eigenvalue weighted by molar-refractivity contribution is -0.384. The third kappa shape index (κ3) is 4.85. The molecule has 0 amide bonds. The molecule has 22 heavy (non-hydrogen) atoms. The van der Waals surface area contributed by atoms with Crippen molar-refractivity contribution in [2.24, 2.45) is 0 Å². The molecule has 0 fully saturated rings. The predicted octanol–water partition coefficient (Wildman–Crippen LogP) is 1.55. The van der Waals surface area contributed by atoms with Gasteiger partial charge in [-0.1, -0.05) is 0 Å². The van der Waals surface area contributed by atoms with E-state index in [2.05, 4.69) is 0 Å². The normalized spacial score (nSPS) is 10.3. The number of nitro groups is 1. The van der Waals surface area contributed by atoms with E-state index in [1.54, 1.807) is 0 Å². The first-order valence-electron chi connectivity index (χ1n) is 6.11. The van der Waals surface area contributed by atoms with Crippen LogP contribution >= 0.6 is 0 Å². The lowest BCUT2D eigenvalue weighted by Gasteiger charge is -2.16. The molecule has 0 aliphatic carbocycles. The van der Waals surface area contributed by atoms with Gasteiger partial charge in [-0.3, -0.25) is 24.5 Å². The molecule has 1 aromatic carbocycles. The highest BCUT2D eigenvalue weighted by molar-refractivity contribution is 5.74. The number of esters is 1. The Bertz CT molecular complexity index is 608. The molecule has 118 valence electrons. The van der Waals surface area contributed by atoms with Crippen molar-refractivity contribution in [2.75, 3.05) is 0 Å². The summed E-state index contributed by atoms with van der Waals surface area (Å²) in [5.74, 6) is -4.43. The van der Waals surface area contributed by atoms with Crippen molar-refractivity contribution < 1.29 is 34.3 Å². The molecule has 0 aliphatic rings. The Morgan fingerprint density at radius 1 is 1.23 bits per heavy atom. The number of carboxylic acid groups (broad SMARTS) is 2. The Hall–Kier alpha value is -2.97. The van der Waals surface area contributed by atoms with Gasteiger partial charge in [-0.2, -0.15) is 0 Å². The fraction of sp³-hybridized carbons (Fsp3) is 0.308. The average Bonchev–Trinajstić information content (AvgIpc) is 2.35. The van der Waals surface area contributed by atoms with E-state index < -0.39 is 41.6 Å². The van der Waals surface area contributed by atoms with Crippen molar-refractivity contribution in [3.63, 3.8) is 0 Å². The third-order valence-electron chi connectivity index (χ3n) is 2.74. The van der Waals surface area contributed by atoms with Crippen LogP contribution in [0.15, 0.2) is 18.2 Å². The Labute approximate surface area is 124 Å². The van der Waals surface area contributed by atoms with Gasteiger partial charge < -0.3 is 14.9 Å². The van der Waals surface area contributed by atoms with Crippen molar-refractivity contribution in [3.8, 4) is 5.75 Å². The number of carbonyl (C=O) groups is 3. The van der Waals surface area contributed by atoms with Gasteiger partial charge in [0.1, 0.15) is 5.75 Å². The van der Waals surface area contributed by atoms with Crippen LogP contribution in [-0.4, -0.2) is 33.0 Å². The SMILES string of the molecule is CC(=O)Oc1cc([N+](=O)[O-])ccc1C(CC(=O)O)CC(=O)O. The molecule has 0 saturated heterocycles. The van der Waals surface area contributed by atoms with Crippen LogP contribution < -0.4 is 4.74 Å². The van der Waals surface area contributed by atoms with Crippen molar-refractivity contribution in [2.45, 2.75) is 25.7 Å². The third-order valence-corrected chi connectivity index (χ3v) is 2.74. The fourth-order valence-electron chi connectivity index (χ4n) is 1.93. The van der Waals surface area contributed by atoms with E-state index in [0.717, 1.165) is 19.1 Å². The molecule has 2 N–H and O–H groups in total. The van der Waals surface area contributed by atoms with E-state index in [9.17, 15) is 24.5 Å². The maximum absolute atomic E-state index is 11.1. The summed E-state index contributed by atoms with van der Waals surface area (Å²) in [6.45, 7) is 1.08. The van der Waals surface area contributed by atoms with Gasteiger partial charge in [0.15, 0.2) is 0 Å². The van der Waals surface area contributed by atoms with Crippen LogP contribution in [0.5, 0.6) is 5.75 Å². The molecule has 0 unspecified atom stereocenters. The maximum atomic E-state index is 11.1. The molecule has 0 radical (unpaired) electrons. The van der Waals surface area contributed by atoms with E-state index >= 15 is 0 Å². The van der Waals surface area contributed by atoms with Crippen LogP contribution in [0.1, 0.15) is 31.2 Å². The molecule has 0 aromatic heterocycles. The highest BCUT2D eigenvalue weighted by Gasteiger charge is 2.25. The lowest BCUT2D eigenvalue weighted by Crippen LogP contribution is -2.14. The molecule has 9 heteroatoms. The number of hydrogen-bond acceptors (Lipinski definition) is 6. The second-order valence-corrected chi connectivity index (χ2v) is 4.47. The molecule has 0 spiro atoms. The molecule has 9 nitrogen and oxygen atoms in total. The van der Waals surface area contributed by atoms with Gasteiger partial charge in [0.05, 0.1) is 23.8 Å². The summed E-state index contributed by atoms with van der Waals surface area (Å²) in [4.78, 5) is 42.9. The van der Waals surface area contributed by atoms with Crippen LogP contribution in [0.25, 0.3) is 0 Å². The quantitative estimate of drug-likeness (QED) is 0.334. The van der Waals surface area contributed by atoms with Gasteiger partial charge in [-0.05, 0) is 11.6 Å². The highest BCUT2D eigenvalue weighted by atomic mass is 16.6. The van der Waals surface area contributed by atoms with E-state index in [1.165, 1.54) is 6.07 Å². The van der Waals surface area contributed by atoms with Crippen molar-refractivity contribution in [3.05, 3.63) is 33.9 Å². The number of carboxylic acids is 2. The fourth-order valence-corrected chi connectivity index (χ4v) is 1.93. The molecular formula is C13H13NO8. The summed E-state index contributed by atoms with van der Waals surface area (Å²) in [5, 5.41) is 28.5. The number of rotatable bonds is 7. The summed E-state index contributed by atoms with van der Waals surface area (Å²) in [6.07, 6.45) is -1.03. The van der Waals surface area contributed by atoms with Gasteiger partial charge in [0.25, 0.3) is 5.69 Å². The second-order valence-electron chi connectivity index (χ2n) is 4.47. The molecule has 0 atom stereocenters. The smallest absolute Gasteiger partial charge is 0.308 e. The van der Waals surface area contributed by atoms with Gasteiger partial charge in [0.2, 0.25) is 0 Å². The lowest BCUT2D eigenvalue weighted by atomic mass is 9.91. The van der Waals surface area contributed by atoms with Gasteiger partial charge in [-0.15, -0.1) is 0 Å². The number of nitro benzene ring substituents is 1. The van der Waals surface area contributed by atoms with E-state index in [4.69, 9.17) is 14.9 Å². The van der Waals surface area contributed by atoms with Gasteiger partial charge in [0, 0.05) is 18.9 Å².